The van der Waals surface area contributed by atoms with Gasteiger partial charge in [0.1, 0.15) is 0 Å². The minimum absolute atomic E-state index is 0.238. The van der Waals surface area contributed by atoms with Crippen molar-refractivity contribution in [2.75, 3.05) is 7.11 Å². The number of methoxy groups -OCH3 is 1. The molecule has 0 aromatic heterocycles. The fourth-order valence-electron chi connectivity index (χ4n) is 0.987. The Morgan fingerprint density at radius 1 is 1.45 bits per heavy atom. The van der Waals surface area contributed by atoms with Gasteiger partial charge in [0.15, 0.2) is 11.6 Å². The predicted molar refractivity (Wildman–Crippen MR) is 42.3 cm³/mol. The molecular formula is C9H11FO. The number of halogens is 1. The van der Waals surface area contributed by atoms with Crippen LogP contribution in [0.15, 0.2) is 18.2 Å². The van der Waals surface area contributed by atoms with E-state index in [1.165, 1.54) is 7.11 Å². The Morgan fingerprint density at radius 2 is 2.18 bits per heavy atom. The van der Waals surface area contributed by atoms with E-state index in [0.29, 0.717) is 17.7 Å². The van der Waals surface area contributed by atoms with E-state index in [-0.39, 0.29) is 5.82 Å². The largest absolute Gasteiger partial charge is 0.494 e. The fraction of sp³-hybridized carbons (Fsp3) is 0.333. The second-order valence-electron chi connectivity index (χ2n) is 2.29. The highest BCUT2D eigenvalue weighted by atomic mass is 19.1. The van der Waals surface area contributed by atoms with Crippen molar-refractivity contribution in [1.29, 1.82) is 0 Å². The average Bonchev–Trinajstić information content (AvgIpc) is 2.05. The Morgan fingerprint density at radius 3 is 2.73 bits per heavy atom. The molecule has 60 valence electrons. The quantitative estimate of drug-likeness (QED) is 0.635. The molecule has 1 rings (SSSR count). The highest BCUT2D eigenvalue weighted by Gasteiger charge is 2.04. The molecule has 0 saturated heterocycles. The average molecular weight is 154 g/mol. The minimum atomic E-state index is -0.238. The Hall–Kier alpha value is -1.05. The summed E-state index contributed by atoms with van der Waals surface area (Å²) in [6.45, 7) is 1.91. The van der Waals surface area contributed by atoms with Crippen LogP contribution in [0.5, 0.6) is 5.75 Å². The van der Waals surface area contributed by atoms with E-state index in [4.69, 9.17) is 4.74 Å². The third kappa shape index (κ3) is 1.50. The Balaban J connectivity index is 3.10. The molecule has 0 aliphatic carbocycles. The topological polar surface area (TPSA) is 9.23 Å². The van der Waals surface area contributed by atoms with Gasteiger partial charge >= 0.3 is 0 Å². The van der Waals surface area contributed by atoms with Crippen LogP contribution in [0.1, 0.15) is 12.5 Å². The van der Waals surface area contributed by atoms with Crippen molar-refractivity contribution in [3.8, 4) is 5.75 Å². The van der Waals surface area contributed by atoms with Gasteiger partial charge in [-0.3, -0.25) is 0 Å². The fourth-order valence-corrected chi connectivity index (χ4v) is 0.987. The smallest absolute Gasteiger partial charge is 0.168 e. The van der Waals surface area contributed by atoms with Crippen LogP contribution >= 0.6 is 0 Å². The van der Waals surface area contributed by atoms with Crippen LogP contribution in [0.3, 0.4) is 0 Å². The summed E-state index contributed by atoms with van der Waals surface area (Å²) in [4.78, 5) is 0. The van der Waals surface area contributed by atoms with Crippen LogP contribution < -0.4 is 4.74 Å². The van der Waals surface area contributed by atoms with E-state index >= 15 is 0 Å². The van der Waals surface area contributed by atoms with Gasteiger partial charge in [0, 0.05) is 0 Å². The number of hydrogen-bond donors (Lipinski definition) is 0. The summed E-state index contributed by atoms with van der Waals surface area (Å²) in [6, 6.07) is 5.17. The first kappa shape index (κ1) is 8.05. The first-order valence-corrected chi connectivity index (χ1v) is 3.61. The van der Waals surface area contributed by atoms with Gasteiger partial charge < -0.3 is 4.74 Å². The monoisotopic (exact) mass is 154 g/mol. The molecule has 0 heterocycles. The van der Waals surface area contributed by atoms with E-state index in [2.05, 4.69) is 0 Å². The molecule has 0 N–H and O–H groups in total. The van der Waals surface area contributed by atoms with Crippen LogP contribution in [-0.4, -0.2) is 7.11 Å². The SMILES string of the molecule is CCc1cccc(OC)c1F. The Kier molecular flexibility index (Phi) is 2.47. The first-order valence-electron chi connectivity index (χ1n) is 3.61. The van der Waals surface area contributed by atoms with Crippen LogP contribution in [0.4, 0.5) is 4.39 Å². The van der Waals surface area contributed by atoms with Gasteiger partial charge in [-0.15, -0.1) is 0 Å². The Bertz CT molecular complexity index is 223. The molecule has 0 fully saturated rings. The van der Waals surface area contributed by atoms with Crippen molar-refractivity contribution < 1.29 is 9.13 Å². The van der Waals surface area contributed by atoms with Crippen LogP contribution in [0.25, 0.3) is 0 Å². The number of ether oxygens (including phenoxy) is 1. The van der Waals surface area contributed by atoms with Crippen LogP contribution in [-0.2, 0) is 6.42 Å². The number of benzene rings is 1. The van der Waals surface area contributed by atoms with Crippen LogP contribution in [0.2, 0.25) is 0 Å². The molecule has 11 heavy (non-hydrogen) atoms. The van der Waals surface area contributed by atoms with E-state index in [1.807, 2.05) is 6.92 Å². The van der Waals surface area contributed by atoms with Crippen molar-refractivity contribution in [3.05, 3.63) is 29.6 Å². The highest BCUT2D eigenvalue weighted by molar-refractivity contribution is 5.30. The summed E-state index contributed by atoms with van der Waals surface area (Å²) >= 11 is 0. The van der Waals surface area contributed by atoms with E-state index in [1.54, 1.807) is 18.2 Å². The molecular weight excluding hydrogens is 143 g/mol. The molecule has 0 saturated carbocycles. The van der Waals surface area contributed by atoms with E-state index in [0.717, 1.165) is 0 Å². The van der Waals surface area contributed by atoms with E-state index < -0.39 is 0 Å². The number of rotatable bonds is 2. The predicted octanol–water partition coefficient (Wildman–Crippen LogP) is 2.40. The lowest BCUT2D eigenvalue weighted by Gasteiger charge is -2.04. The highest BCUT2D eigenvalue weighted by Crippen LogP contribution is 2.19. The van der Waals surface area contributed by atoms with Crippen molar-refractivity contribution in [3.63, 3.8) is 0 Å². The second-order valence-corrected chi connectivity index (χ2v) is 2.29. The third-order valence-corrected chi connectivity index (χ3v) is 1.64. The molecule has 1 aromatic rings. The lowest BCUT2D eigenvalue weighted by atomic mass is 10.1. The molecule has 1 aromatic carbocycles. The summed E-state index contributed by atoms with van der Waals surface area (Å²) in [5.41, 5.74) is 0.698. The third-order valence-electron chi connectivity index (χ3n) is 1.64. The molecule has 2 heteroatoms. The molecule has 0 amide bonds. The molecule has 1 nitrogen and oxygen atoms in total. The second kappa shape index (κ2) is 3.37. The Labute approximate surface area is 65.8 Å². The molecule has 0 aliphatic rings. The van der Waals surface area contributed by atoms with Gasteiger partial charge in [-0.05, 0) is 18.1 Å². The maximum absolute atomic E-state index is 13.1. The molecule has 0 unspecified atom stereocenters. The summed E-state index contributed by atoms with van der Waals surface area (Å²) in [5, 5.41) is 0. The molecule has 0 spiro atoms. The minimum Gasteiger partial charge on any atom is -0.494 e. The first-order chi connectivity index (χ1) is 5.29. The van der Waals surface area contributed by atoms with Crippen molar-refractivity contribution in [2.45, 2.75) is 13.3 Å². The zero-order chi connectivity index (χ0) is 8.27. The van der Waals surface area contributed by atoms with Crippen LogP contribution in [0, 0.1) is 5.82 Å². The summed E-state index contributed by atoms with van der Waals surface area (Å²) in [7, 11) is 1.47. The number of aryl methyl sites for hydroxylation is 1. The van der Waals surface area contributed by atoms with Gasteiger partial charge in [0.05, 0.1) is 7.11 Å². The normalized spacial score (nSPS) is 9.73. The van der Waals surface area contributed by atoms with Gasteiger partial charge in [0.25, 0.3) is 0 Å². The number of hydrogen-bond acceptors (Lipinski definition) is 1. The van der Waals surface area contributed by atoms with Crippen molar-refractivity contribution >= 4 is 0 Å². The van der Waals surface area contributed by atoms with Gasteiger partial charge in [0.2, 0.25) is 0 Å². The maximum Gasteiger partial charge on any atom is 0.168 e. The van der Waals surface area contributed by atoms with Gasteiger partial charge in [-0.25, -0.2) is 4.39 Å². The standard InChI is InChI=1S/C9H11FO/c1-3-7-5-4-6-8(11-2)9(7)10/h4-6H,3H2,1-2H3. The molecule has 0 atom stereocenters. The lowest BCUT2D eigenvalue weighted by Crippen LogP contribution is -1.92. The van der Waals surface area contributed by atoms with Crippen molar-refractivity contribution in [2.24, 2.45) is 0 Å². The molecule has 0 aliphatic heterocycles. The molecule has 0 bridgehead atoms. The maximum atomic E-state index is 13.1. The molecule has 0 radical (unpaired) electrons. The zero-order valence-corrected chi connectivity index (χ0v) is 6.73. The summed E-state index contributed by atoms with van der Waals surface area (Å²) in [6.07, 6.45) is 0.697. The van der Waals surface area contributed by atoms with Gasteiger partial charge in [-0.2, -0.15) is 0 Å². The summed E-state index contributed by atoms with van der Waals surface area (Å²) < 4.78 is 18.0. The lowest BCUT2D eigenvalue weighted by molar-refractivity contribution is 0.384. The van der Waals surface area contributed by atoms with Crippen molar-refractivity contribution in [1.82, 2.24) is 0 Å². The summed E-state index contributed by atoms with van der Waals surface area (Å²) in [5.74, 6) is 0.0850. The zero-order valence-electron chi connectivity index (χ0n) is 6.73. The van der Waals surface area contributed by atoms with Gasteiger partial charge in [-0.1, -0.05) is 19.1 Å². The van der Waals surface area contributed by atoms with E-state index in [9.17, 15) is 4.39 Å².